The molecule has 232 valence electrons. The number of fused-ring (bicyclic) bond motifs is 9. The third-order valence-corrected chi connectivity index (χ3v) is 8.93. The van der Waals surface area contributed by atoms with Crippen molar-refractivity contribution in [1.29, 1.82) is 0 Å². The van der Waals surface area contributed by atoms with Gasteiger partial charge < -0.3 is 8.83 Å². The Morgan fingerprint density at radius 3 is 1.42 bits per heavy atom. The van der Waals surface area contributed by atoms with E-state index in [0.29, 0.717) is 10.8 Å². The van der Waals surface area contributed by atoms with E-state index >= 15 is 0 Å². The van der Waals surface area contributed by atoms with E-state index in [1.165, 1.54) is 0 Å². The van der Waals surface area contributed by atoms with Crippen molar-refractivity contribution in [3.8, 4) is 33.4 Å². The van der Waals surface area contributed by atoms with E-state index in [1.807, 2.05) is 0 Å². The van der Waals surface area contributed by atoms with E-state index in [4.69, 9.17) is 25.3 Å². The molecule has 0 unspecified atom stereocenters. The van der Waals surface area contributed by atoms with Crippen LogP contribution in [-0.4, -0.2) is 0 Å². The van der Waals surface area contributed by atoms with Crippen molar-refractivity contribution in [2.24, 2.45) is 0 Å². The smallest absolute Gasteiger partial charge is 0.143 e. The molecule has 0 N–H and O–H groups in total. The summed E-state index contributed by atoms with van der Waals surface area (Å²) in [6.07, 6.45) is 0. The minimum atomic E-state index is -0.821. The van der Waals surface area contributed by atoms with Gasteiger partial charge in [-0.3, -0.25) is 0 Å². The van der Waals surface area contributed by atoms with Crippen molar-refractivity contribution in [3.63, 3.8) is 0 Å². The average Bonchev–Trinajstić information content (AvgIpc) is 3.96. The number of benzene rings is 9. The largest absolute Gasteiger partial charge is 0.455 e. The Morgan fingerprint density at radius 1 is 0.340 bits per heavy atom. The van der Waals surface area contributed by atoms with E-state index in [-0.39, 0.29) is 43.4 Å². The molecule has 0 atom stereocenters. The summed E-state index contributed by atoms with van der Waals surface area (Å²) >= 11 is 0. The highest BCUT2D eigenvalue weighted by atomic mass is 16.3. The van der Waals surface area contributed by atoms with Crippen LogP contribution in [0.5, 0.6) is 0 Å². The maximum atomic E-state index is 10.3. The number of furan rings is 2. The van der Waals surface area contributed by atoms with Gasteiger partial charge in [-0.2, -0.15) is 0 Å². The van der Waals surface area contributed by atoms with Crippen LogP contribution >= 0.6 is 0 Å². The fourth-order valence-electron chi connectivity index (χ4n) is 6.78. The number of para-hydroxylation sites is 4. The average molecular weight is 658 g/mol. The highest BCUT2D eigenvalue weighted by Crippen LogP contribution is 2.47. The second-order valence-electron chi connectivity index (χ2n) is 11.5. The number of hydrogen-bond donors (Lipinski definition) is 0. The third kappa shape index (κ3) is 3.85. The van der Waals surface area contributed by atoms with Gasteiger partial charge in [-0.15, -0.1) is 0 Å². The number of hydrogen-bond acceptors (Lipinski definition) is 2. The van der Waals surface area contributed by atoms with Crippen LogP contribution in [0.2, 0.25) is 0 Å². The van der Waals surface area contributed by atoms with E-state index < -0.39 is 182 Å². The summed E-state index contributed by atoms with van der Waals surface area (Å²) in [5.41, 5.74) is -3.91. The molecule has 0 aliphatic heterocycles. The standard InChI is InChI=1S/C48H28O2/c1-2-14-30-29(12-1)13-7-19-35(30)46-36-20-8-17-31(38-22-10-24-40-33-15-3-5-26-44(33)49-47(38)40)42(36)28-43-32(18-9-21-37(43)46)39-23-11-25-41-34-16-4-6-27-45(34)50-48(39)41/h1-28H/i3D,4D,5D,6D,8D,9D,10D,11D,15D,16D,17D,18D,20D,21D,22D,23D,24D,25D,26D,27D,28D. The molecule has 0 saturated heterocycles. The molecule has 0 fully saturated rings. The fraction of sp³-hybridized carbons (Fsp3) is 0. The van der Waals surface area contributed by atoms with Gasteiger partial charge in [0.1, 0.15) is 22.3 Å². The molecule has 50 heavy (non-hydrogen) atoms. The van der Waals surface area contributed by atoms with Gasteiger partial charge >= 0.3 is 0 Å². The summed E-state index contributed by atoms with van der Waals surface area (Å²) in [5, 5.41) is -1.76. The fourth-order valence-corrected chi connectivity index (χ4v) is 6.78. The quantitative estimate of drug-likeness (QED) is 0.177. The summed E-state index contributed by atoms with van der Waals surface area (Å²) in [4.78, 5) is 0. The molecule has 11 rings (SSSR count). The van der Waals surface area contributed by atoms with Crippen molar-refractivity contribution < 1.29 is 37.6 Å². The minimum Gasteiger partial charge on any atom is -0.455 e. The molecule has 0 bridgehead atoms. The van der Waals surface area contributed by atoms with Gasteiger partial charge in [0, 0.05) is 32.7 Å². The molecule has 0 aliphatic rings. The third-order valence-electron chi connectivity index (χ3n) is 8.93. The lowest BCUT2D eigenvalue weighted by molar-refractivity contribution is 0.669. The van der Waals surface area contributed by atoms with Gasteiger partial charge in [-0.1, -0.05) is 151 Å². The van der Waals surface area contributed by atoms with Crippen molar-refractivity contribution in [2.45, 2.75) is 0 Å². The van der Waals surface area contributed by atoms with Gasteiger partial charge in [0.2, 0.25) is 0 Å². The monoisotopic (exact) mass is 657 g/mol. The molecule has 0 spiro atoms. The van der Waals surface area contributed by atoms with Crippen LogP contribution in [0.1, 0.15) is 28.8 Å². The van der Waals surface area contributed by atoms with Gasteiger partial charge in [0.15, 0.2) is 0 Å². The number of rotatable bonds is 3. The highest BCUT2D eigenvalue weighted by molar-refractivity contribution is 6.23. The normalized spacial score (nSPS) is 17.9. The predicted octanol–water partition coefficient (Wildman–Crippen LogP) is 13.9. The molecule has 0 amide bonds. The maximum absolute atomic E-state index is 10.3. The van der Waals surface area contributed by atoms with E-state index in [0.717, 1.165) is 0 Å². The Morgan fingerprint density at radius 2 is 0.820 bits per heavy atom. The second-order valence-corrected chi connectivity index (χ2v) is 11.5. The first-order valence-electron chi connectivity index (χ1n) is 25.9. The van der Waals surface area contributed by atoms with Gasteiger partial charge in [-0.25, -0.2) is 0 Å². The maximum Gasteiger partial charge on any atom is 0.143 e. The lowest BCUT2D eigenvalue weighted by atomic mass is 9.85. The molecular weight excluding hydrogens is 609 g/mol. The van der Waals surface area contributed by atoms with Crippen LogP contribution < -0.4 is 0 Å². The van der Waals surface area contributed by atoms with Gasteiger partial charge in [-0.05, 0) is 72.7 Å². The van der Waals surface area contributed by atoms with Gasteiger partial charge in [0.05, 0.1) is 28.8 Å². The van der Waals surface area contributed by atoms with Crippen LogP contribution in [0.15, 0.2) is 178 Å². The van der Waals surface area contributed by atoms with Crippen LogP contribution in [0, 0.1) is 0 Å². The Balaban J connectivity index is 1.48. The van der Waals surface area contributed by atoms with Crippen molar-refractivity contribution in [3.05, 3.63) is 169 Å². The Kier molecular flexibility index (Phi) is 2.93. The minimum absolute atomic E-state index is 0.104. The molecule has 0 radical (unpaired) electrons. The first-order chi connectivity index (χ1) is 33.6. The first kappa shape index (κ1) is 14.1. The van der Waals surface area contributed by atoms with Crippen LogP contribution in [0.3, 0.4) is 0 Å². The molecular formula is C48H28O2. The molecule has 2 heterocycles. The Hall–Kier alpha value is -6.64. The zero-order chi connectivity index (χ0) is 51.0. The molecule has 0 aliphatic carbocycles. The van der Waals surface area contributed by atoms with Crippen molar-refractivity contribution in [1.82, 2.24) is 0 Å². The second kappa shape index (κ2) is 10.4. The summed E-state index contributed by atoms with van der Waals surface area (Å²) in [7, 11) is 0. The lowest BCUT2D eigenvalue weighted by Crippen LogP contribution is -1.91. The SMILES string of the molecule is [2H]c1c([2H])c([2H])c2c(oc3c(-c4c([2H])c([2H])c([2H])c5c(-c6cccc7ccccc67)c6c([2H])c([2H])c([2H])c(-c7c([2H])c([2H])c([2H])c8c7oc7c([2H])c([2H])c([2H])c([2H])c78)c6c([2H])c45)c([2H])c([2H])c([2H])c32)c1[2H]. The topological polar surface area (TPSA) is 26.3 Å². The van der Waals surface area contributed by atoms with Crippen LogP contribution in [0.25, 0.3) is 110 Å². The van der Waals surface area contributed by atoms with Crippen LogP contribution in [-0.2, 0) is 0 Å². The first-order valence-corrected chi connectivity index (χ1v) is 15.4. The summed E-state index contributed by atoms with van der Waals surface area (Å²) < 4.78 is 203. The van der Waals surface area contributed by atoms with E-state index in [9.17, 15) is 12.3 Å². The van der Waals surface area contributed by atoms with Gasteiger partial charge in [0.25, 0.3) is 0 Å². The van der Waals surface area contributed by atoms with E-state index in [2.05, 4.69) is 0 Å². The molecule has 11 aromatic rings. The summed E-state index contributed by atoms with van der Waals surface area (Å²) in [6, 6.07) is -3.44. The Bertz CT molecular complexity index is 4120. The Labute approximate surface area is 316 Å². The zero-order valence-electron chi connectivity index (χ0n) is 46.4. The molecule has 2 aromatic heterocycles. The summed E-state index contributed by atoms with van der Waals surface area (Å²) in [5.74, 6) is 0. The molecule has 2 heteroatoms. The van der Waals surface area contributed by atoms with Crippen molar-refractivity contribution >= 4 is 76.2 Å². The van der Waals surface area contributed by atoms with Crippen molar-refractivity contribution in [2.75, 3.05) is 0 Å². The zero-order valence-corrected chi connectivity index (χ0v) is 25.4. The molecule has 0 saturated carbocycles. The lowest BCUT2D eigenvalue weighted by Gasteiger charge is -2.18. The predicted molar refractivity (Wildman–Crippen MR) is 210 cm³/mol. The molecule has 9 aromatic carbocycles. The summed E-state index contributed by atoms with van der Waals surface area (Å²) in [6.45, 7) is 0. The molecule has 2 nitrogen and oxygen atoms in total. The highest BCUT2D eigenvalue weighted by Gasteiger charge is 2.21. The van der Waals surface area contributed by atoms with Crippen LogP contribution in [0.4, 0.5) is 0 Å². The van der Waals surface area contributed by atoms with E-state index in [1.54, 1.807) is 42.5 Å².